The fourth-order valence-electron chi connectivity index (χ4n) is 4.86. The van der Waals surface area contributed by atoms with Crippen molar-refractivity contribution in [2.45, 2.75) is 53.9 Å². The minimum absolute atomic E-state index is 0.658. The minimum atomic E-state index is 0.658. The molecule has 3 nitrogen and oxygen atoms in total. The van der Waals surface area contributed by atoms with Crippen LogP contribution < -0.4 is 4.90 Å². The van der Waals surface area contributed by atoms with E-state index in [0.717, 1.165) is 35.3 Å². The van der Waals surface area contributed by atoms with Gasteiger partial charge in [-0.2, -0.15) is 0 Å². The van der Waals surface area contributed by atoms with Crippen molar-refractivity contribution >= 4 is 32.7 Å². The van der Waals surface area contributed by atoms with Crippen LogP contribution in [0.5, 0.6) is 0 Å². The van der Waals surface area contributed by atoms with E-state index in [2.05, 4.69) is 78.2 Å². The van der Waals surface area contributed by atoms with Gasteiger partial charge in [0, 0.05) is 40.0 Å². The van der Waals surface area contributed by atoms with Gasteiger partial charge in [0.15, 0.2) is 0 Å². The predicted octanol–water partition coefficient (Wildman–Crippen LogP) is 6.65. The topological polar surface area (TPSA) is 21.1 Å². The third-order valence-electron chi connectivity index (χ3n) is 6.54. The molecule has 29 heavy (non-hydrogen) atoms. The molecule has 0 unspecified atom stereocenters. The summed E-state index contributed by atoms with van der Waals surface area (Å²) in [6.07, 6.45) is 3.14. The Hall–Kier alpha value is -1.81. The van der Waals surface area contributed by atoms with E-state index in [1.54, 1.807) is 0 Å². The number of benzene rings is 1. The first-order valence-corrected chi connectivity index (χ1v) is 11.3. The molecule has 0 spiro atoms. The SMILES string of the molecule is [CH]CC1CCN(c2cc(C)nc3c2c(C)c(C)n3-c2c(C)cc(Br)cc2C)CC1. The van der Waals surface area contributed by atoms with Crippen molar-refractivity contribution < 1.29 is 0 Å². The van der Waals surface area contributed by atoms with E-state index in [1.807, 2.05) is 0 Å². The Morgan fingerprint density at radius 2 is 1.66 bits per heavy atom. The van der Waals surface area contributed by atoms with E-state index < -0.39 is 0 Å². The number of hydrogen-bond acceptors (Lipinski definition) is 2. The summed E-state index contributed by atoms with van der Waals surface area (Å²) in [5.74, 6) is 0.658. The summed E-state index contributed by atoms with van der Waals surface area (Å²) in [6, 6.07) is 6.65. The van der Waals surface area contributed by atoms with Crippen LogP contribution in [0, 0.1) is 47.5 Å². The first-order chi connectivity index (χ1) is 13.8. The lowest BCUT2D eigenvalue weighted by Crippen LogP contribution is -2.33. The van der Waals surface area contributed by atoms with E-state index in [1.165, 1.54) is 52.0 Å². The Morgan fingerprint density at radius 1 is 1.03 bits per heavy atom. The minimum Gasteiger partial charge on any atom is -0.371 e. The van der Waals surface area contributed by atoms with Gasteiger partial charge < -0.3 is 4.90 Å². The first kappa shape index (κ1) is 20.5. The van der Waals surface area contributed by atoms with E-state index in [-0.39, 0.29) is 0 Å². The van der Waals surface area contributed by atoms with Crippen LogP contribution in [0.2, 0.25) is 0 Å². The molecule has 1 aliphatic rings. The molecule has 1 aromatic carbocycles. The lowest BCUT2D eigenvalue weighted by atomic mass is 9.94. The average Bonchev–Trinajstić information content (AvgIpc) is 2.92. The maximum absolute atomic E-state index is 5.92. The largest absolute Gasteiger partial charge is 0.371 e. The van der Waals surface area contributed by atoms with Crippen LogP contribution in [-0.2, 0) is 0 Å². The molecule has 3 aromatic rings. The van der Waals surface area contributed by atoms with E-state index in [0.29, 0.717) is 5.92 Å². The Kier molecular flexibility index (Phi) is 5.50. The Morgan fingerprint density at radius 3 is 2.24 bits per heavy atom. The monoisotopic (exact) mass is 451 g/mol. The normalized spacial score (nSPS) is 15.5. The van der Waals surface area contributed by atoms with Crippen LogP contribution in [0.4, 0.5) is 5.69 Å². The Bertz CT molecular complexity index is 1050. The molecular formula is C25H30BrN3. The van der Waals surface area contributed by atoms with E-state index >= 15 is 0 Å². The Balaban J connectivity index is 1.94. The molecule has 0 N–H and O–H groups in total. The van der Waals surface area contributed by atoms with Crippen molar-refractivity contribution in [2.24, 2.45) is 5.92 Å². The maximum Gasteiger partial charge on any atom is 0.147 e. The summed E-state index contributed by atoms with van der Waals surface area (Å²) in [6.45, 7) is 19.0. The number of aromatic nitrogens is 2. The average molecular weight is 452 g/mol. The molecular weight excluding hydrogens is 422 g/mol. The second-order valence-electron chi connectivity index (χ2n) is 8.58. The summed E-state index contributed by atoms with van der Waals surface area (Å²) in [5, 5.41) is 1.29. The first-order valence-electron chi connectivity index (χ1n) is 10.5. The van der Waals surface area contributed by atoms with E-state index in [4.69, 9.17) is 11.9 Å². The highest BCUT2D eigenvalue weighted by Gasteiger charge is 2.25. The summed E-state index contributed by atoms with van der Waals surface area (Å²) in [7, 11) is 0. The van der Waals surface area contributed by atoms with Crippen molar-refractivity contribution in [1.82, 2.24) is 9.55 Å². The second-order valence-corrected chi connectivity index (χ2v) is 9.50. The summed E-state index contributed by atoms with van der Waals surface area (Å²) < 4.78 is 3.49. The third kappa shape index (κ3) is 3.50. The molecule has 0 amide bonds. The van der Waals surface area contributed by atoms with Crippen molar-refractivity contribution in [3.05, 3.63) is 57.7 Å². The molecule has 0 bridgehead atoms. The number of piperidine rings is 1. The van der Waals surface area contributed by atoms with Crippen LogP contribution in [0.1, 0.15) is 47.3 Å². The van der Waals surface area contributed by atoms with Gasteiger partial charge in [-0.25, -0.2) is 4.98 Å². The fraction of sp³-hybridized carbons (Fsp3) is 0.440. The molecule has 1 fully saturated rings. The highest BCUT2D eigenvalue weighted by Crippen LogP contribution is 2.38. The van der Waals surface area contributed by atoms with Crippen molar-refractivity contribution in [3.63, 3.8) is 0 Å². The van der Waals surface area contributed by atoms with Crippen molar-refractivity contribution in [3.8, 4) is 5.69 Å². The smallest absolute Gasteiger partial charge is 0.147 e. The molecule has 4 heteroatoms. The number of fused-ring (bicyclic) bond motifs is 1. The molecule has 1 aliphatic heterocycles. The highest BCUT2D eigenvalue weighted by atomic mass is 79.9. The summed E-state index contributed by atoms with van der Waals surface area (Å²) in [5.41, 5.74) is 9.82. The number of anilines is 1. The molecule has 3 heterocycles. The van der Waals surface area contributed by atoms with Crippen LogP contribution in [0.25, 0.3) is 16.7 Å². The molecule has 4 rings (SSSR count). The molecule has 1 saturated heterocycles. The zero-order chi connectivity index (χ0) is 20.9. The second kappa shape index (κ2) is 7.79. The molecule has 2 radical (unpaired) electrons. The van der Waals surface area contributed by atoms with Gasteiger partial charge in [0.2, 0.25) is 0 Å². The van der Waals surface area contributed by atoms with Crippen LogP contribution in [0.15, 0.2) is 22.7 Å². The predicted molar refractivity (Wildman–Crippen MR) is 126 cm³/mol. The molecule has 0 aliphatic carbocycles. The third-order valence-corrected chi connectivity index (χ3v) is 7.00. The Labute approximate surface area is 183 Å². The number of pyridine rings is 1. The van der Waals surface area contributed by atoms with Crippen LogP contribution in [-0.4, -0.2) is 22.6 Å². The standard InChI is InChI=1S/C25H30BrN3/c1-7-20-8-10-28(11-9-20)22-14-17(4)27-25-23(22)18(5)19(6)29(25)24-15(2)12-21(26)13-16(24)3/h1,12-14,20H,7-11H2,2-6H3. The van der Waals surface area contributed by atoms with Gasteiger partial charge in [-0.05, 0) is 102 Å². The molecule has 152 valence electrons. The maximum atomic E-state index is 5.92. The summed E-state index contributed by atoms with van der Waals surface area (Å²) >= 11 is 3.64. The zero-order valence-corrected chi connectivity index (χ0v) is 19.7. The van der Waals surface area contributed by atoms with Gasteiger partial charge in [-0.15, -0.1) is 0 Å². The van der Waals surface area contributed by atoms with Crippen LogP contribution >= 0.6 is 15.9 Å². The summed E-state index contributed by atoms with van der Waals surface area (Å²) in [4.78, 5) is 7.57. The number of nitrogens with zero attached hydrogens (tertiary/aromatic N) is 3. The molecule has 2 aromatic heterocycles. The van der Waals surface area contributed by atoms with Gasteiger partial charge in [0.1, 0.15) is 5.65 Å². The molecule has 0 saturated carbocycles. The van der Waals surface area contributed by atoms with Crippen molar-refractivity contribution in [2.75, 3.05) is 18.0 Å². The number of rotatable bonds is 3. The van der Waals surface area contributed by atoms with E-state index in [9.17, 15) is 0 Å². The lowest BCUT2D eigenvalue weighted by molar-refractivity contribution is 0.409. The van der Waals surface area contributed by atoms with Gasteiger partial charge in [-0.1, -0.05) is 15.9 Å². The van der Waals surface area contributed by atoms with Gasteiger partial charge in [0.05, 0.1) is 5.69 Å². The van der Waals surface area contributed by atoms with Gasteiger partial charge in [-0.3, -0.25) is 4.57 Å². The lowest BCUT2D eigenvalue weighted by Gasteiger charge is -2.34. The van der Waals surface area contributed by atoms with Crippen molar-refractivity contribution in [1.29, 1.82) is 0 Å². The molecule has 0 atom stereocenters. The van der Waals surface area contributed by atoms with Gasteiger partial charge in [0.25, 0.3) is 0 Å². The quantitative estimate of drug-likeness (QED) is 0.444. The number of aryl methyl sites for hydroxylation is 4. The number of halogens is 1. The number of hydrogen-bond donors (Lipinski definition) is 0. The fourth-order valence-corrected chi connectivity index (χ4v) is 5.54. The van der Waals surface area contributed by atoms with Crippen LogP contribution in [0.3, 0.4) is 0 Å². The zero-order valence-electron chi connectivity index (χ0n) is 18.1. The van der Waals surface area contributed by atoms with Gasteiger partial charge >= 0.3 is 0 Å². The highest BCUT2D eigenvalue weighted by molar-refractivity contribution is 9.10.